The molecule has 0 radical (unpaired) electrons. The van der Waals surface area contributed by atoms with Crippen molar-refractivity contribution in [3.8, 4) is 5.75 Å². The number of hydrogen-bond acceptors (Lipinski definition) is 2. The molecule has 0 aromatic heterocycles. The standard InChI is InChI=1S/C22H18BrClO3/c23-20-19(24)13-12-17(21(20)27-14-16-4-2-1-3-5-16)9-6-15-7-10-18(11-8-15)22(25)26/h1-5,7-8,10-13H,6,9,14H2,(H,25,26). The molecule has 0 saturated carbocycles. The first kappa shape index (κ1) is 19.5. The van der Waals surface area contributed by atoms with E-state index in [4.69, 9.17) is 21.4 Å². The zero-order chi connectivity index (χ0) is 19.2. The molecule has 0 spiro atoms. The number of aromatic carboxylic acids is 1. The molecule has 3 rings (SSSR count). The van der Waals surface area contributed by atoms with E-state index in [0.29, 0.717) is 17.2 Å². The van der Waals surface area contributed by atoms with Gasteiger partial charge in [0.15, 0.2) is 0 Å². The van der Waals surface area contributed by atoms with Gasteiger partial charge >= 0.3 is 5.97 Å². The van der Waals surface area contributed by atoms with E-state index < -0.39 is 5.97 Å². The Morgan fingerprint density at radius 1 is 0.926 bits per heavy atom. The highest BCUT2D eigenvalue weighted by Gasteiger charge is 2.13. The minimum absolute atomic E-state index is 0.292. The fourth-order valence-corrected chi connectivity index (χ4v) is 3.40. The van der Waals surface area contributed by atoms with E-state index in [1.54, 1.807) is 12.1 Å². The highest BCUT2D eigenvalue weighted by Crippen LogP contribution is 2.36. The second-order valence-corrected chi connectivity index (χ2v) is 7.33. The normalized spacial score (nSPS) is 10.6. The average molecular weight is 446 g/mol. The van der Waals surface area contributed by atoms with E-state index in [-0.39, 0.29) is 0 Å². The Hall–Kier alpha value is -2.30. The summed E-state index contributed by atoms with van der Waals surface area (Å²) in [6, 6.07) is 20.7. The van der Waals surface area contributed by atoms with E-state index in [9.17, 15) is 4.79 Å². The van der Waals surface area contributed by atoms with Crippen LogP contribution in [0.15, 0.2) is 71.2 Å². The summed E-state index contributed by atoms with van der Waals surface area (Å²) < 4.78 is 6.81. The van der Waals surface area contributed by atoms with Gasteiger partial charge in [-0.25, -0.2) is 4.79 Å². The molecule has 5 heteroatoms. The second-order valence-electron chi connectivity index (χ2n) is 6.13. The number of halogens is 2. The average Bonchev–Trinajstić information content (AvgIpc) is 2.69. The topological polar surface area (TPSA) is 46.5 Å². The Kier molecular flexibility index (Phi) is 6.54. The van der Waals surface area contributed by atoms with Crippen molar-refractivity contribution in [2.45, 2.75) is 19.4 Å². The summed E-state index contributed by atoms with van der Waals surface area (Å²) in [6.07, 6.45) is 1.53. The van der Waals surface area contributed by atoms with Crippen LogP contribution in [0.4, 0.5) is 0 Å². The largest absolute Gasteiger partial charge is 0.487 e. The summed E-state index contributed by atoms with van der Waals surface area (Å²) in [5.74, 6) is -0.173. The summed E-state index contributed by atoms with van der Waals surface area (Å²) in [6.45, 7) is 0.458. The van der Waals surface area contributed by atoms with Crippen molar-refractivity contribution >= 4 is 33.5 Å². The molecule has 0 aliphatic carbocycles. The maximum Gasteiger partial charge on any atom is 0.335 e. The lowest BCUT2D eigenvalue weighted by Crippen LogP contribution is -2.02. The number of hydrogen-bond donors (Lipinski definition) is 1. The number of benzene rings is 3. The van der Waals surface area contributed by atoms with Crippen LogP contribution in [0.5, 0.6) is 5.75 Å². The summed E-state index contributed by atoms with van der Waals surface area (Å²) in [5, 5.41) is 9.60. The van der Waals surface area contributed by atoms with Gasteiger partial charge in [0, 0.05) is 0 Å². The van der Waals surface area contributed by atoms with Gasteiger partial charge in [-0.3, -0.25) is 0 Å². The van der Waals surface area contributed by atoms with Gasteiger partial charge in [-0.15, -0.1) is 0 Å². The number of rotatable bonds is 7. The van der Waals surface area contributed by atoms with Crippen LogP contribution in [0, 0.1) is 0 Å². The lowest BCUT2D eigenvalue weighted by atomic mass is 10.0. The fourth-order valence-electron chi connectivity index (χ4n) is 2.75. The van der Waals surface area contributed by atoms with E-state index >= 15 is 0 Å². The third-order valence-corrected chi connectivity index (χ3v) is 5.57. The van der Waals surface area contributed by atoms with E-state index in [1.807, 2.05) is 54.6 Å². The highest BCUT2D eigenvalue weighted by molar-refractivity contribution is 9.10. The molecule has 0 fully saturated rings. The molecule has 0 bridgehead atoms. The van der Waals surface area contributed by atoms with Crippen LogP contribution in [0.25, 0.3) is 0 Å². The van der Waals surface area contributed by atoms with Gasteiger partial charge in [-0.2, -0.15) is 0 Å². The van der Waals surface area contributed by atoms with E-state index in [1.165, 1.54) is 0 Å². The minimum atomic E-state index is -0.917. The van der Waals surface area contributed by atoms with Crippen molar-refractivity contribution < 1.29 is 14.6 Å². The molecule has 3 aromatic rings. The zero-order valence-electron chi connectivity index (χ0n) is 14.5. The number of carboxylic acid groups (broad SMARTS) is 1. The van der Waals surface area contributed by atoms with Crippen molar-refractivity contribution in [3.05, 3.63) is 98.5 Å². The van der Waals surface area contributed by atoms with E-state index in [2.05, 4.69) is 15.9 Å². The Morgan fingerprint density at radius 3 is 2.30 bits per heavy atom. The maximum absolute atomic E-state index is 11.0. The van der Waals surface area contributed by atoms with E-state index in [0.717, 1.165) is 39.8 Å². The molecule has 0 saturated heterocycles. The fraction of sp³-hybridized carbons (Fsp3) is 0.136. The SMILES string of the molecule is O=C(O)c1ccc(CCc2ccc(Cl)c(Br)c2OCc2ccccc2)cc1. The summed E-state index contributed by atoms with van der Waals surface area (Å²) in [7, 11) is 0. The Labute approximate surface area is 171 Å². The Balaban J connectivity index is 1.74. The van der Waals surface area contributed by atoms with Gasteiger partial charge < -0.3 is 9.84 Å². The van der Waals surface area contributed by atoms with Crippen LogP contribution in [0.3, 0.4) is 0 Å². The minimum Gasteiger partial charge on any atom is -0.487 e. The van der Waals surface area contributed by atoms with Crippen molar-refractivity contribution in [2.75, 3.05) is 0 Å². The van der Waals surface area contributed by atoms with Crippen LogP contribution in [-0.4, -0.2) is 11.1 Å². The highest BCUT2D eigenvalue weighted by atomic mass is 79.9. The first-order chi connectivity index (χ1) is 13.0. The molecule has 3 aromatic carbocycles. The molecular formula is C22H18BrClO3. The van der Waals surface area contributed by atoms with Crippen molar-refractivity contribution in [3.63, 3.8) is 0 Å². The molecule has 0 heterocycles. The van der Waals surface area contributed by atoms with Crippen LogP contribution in [0.1, 0.15) is 27.0 Å². The number of aryl methyl sites for hydroxylation is 2. The Bertz CT molecular complexity index is 924. The first-order valence-corrected chi connectivity index (χ1v) is 9.67. The van der Waals surface area contributed by atoms with Gasteiger partial charge in [0.1, 0.15) is 12.4 Å². The number of ether oxygens (including phenoxy) is 1. The molecule has 0 aliphatic rings. The third-order valence-electron chi connectivity index (χ3n) is 4.24. The molecular weight excluding hydrogens is 428 g/mol. The van der Waals surface area contributed by atoms with Crippen LogP contribution in [0.2, 0.25) is 5.02 Å². The Morgan fingerprint density at radius 2 is 1.63 bits per heavy atom. The quantitative estimate of drug-likeness (QED) is 0.473. The predicted molar refractivity (Wildman–Crippen MR) is 111 cm³/mol. The van der Waals surface area contributed by atoms with Gasteiger partial charge in [0.05, 0.1) is 15.1 Å². The van der Waals surface area contributed by atoms with Gasteiger partial charge in [0.25, 0.3) is 0 Å². The number of carboxylic acids is 1. The first-order valence-electron chi connectivity index (χ1n) is 8.50. The van der Waals surface area contributed by atoms with Gasteiger partial charge in [0.2, 0.25) is 0 Å². The van der Waals surface area contributed by atoms with Crippen molar-refractivity contribution in [2.24, 2.45) is 0 Å². The molecule has 3 nitrogen and oxygen atoms in total. The number of carbonyl (C=O) groups is 1. The molecule has 0 amide bonds. The summed E-state index contributed by atoms with van der Waals surface area (Å²) in [5.41, 5.74) is 3.49. The monoisotopic (exact) mass is 444 g/mol. The summed E-state index contributed by atoms with van der Waals surface area (Å²) >= 11 is 9.78. The van der Waals surface area contributed by atoms with Crippen LogP contribution in [-0.2, 0) is 19.4 Å². The maximum atomic E-state index is 11.0. The zero-order valence-corrected chi connectivity index (χ0v) is 16.8. The molecule has 138 valence electrons. The molecule has 0 unspecified atom stereocenters. The van der Waals surface area contributed by atoms with Crippen LogP contribution < -0.4 is 4.74 Å². The molecule has 1 N–H and O–H groups in total. The summed E-state index contributed by atoms with van der Waals surface area (Å²) in [4.78, 5) is 11.0. The van der Waals surface area contributed by atoms with Gasteiger partial charge in [-0.05, 0) is 63.7 Å². The predicted octanol–water partition coefficient (Wildman–Crippen LogP) is 6.16. The molecule has 27 heavy (non-hydrogen) atoms. The van der Waals surface area contributed by atoms with Crippen molar-refractivity contribution in [1.29, 1.82) is 0 Å². The van der Waals surface area contributed by atoms with Crippen LogP contribution >= 0.6 is 27.5 Å². The molecule has 0 aliphatic heterocycles. The smallest absolute Gasteiger partial charge is 0.335 e. The molecule has 0 atom stereocenters. The second kappa shape index (κ2) is 9.07. The van der Waals surface area contributed by atoms with Gasteiger partial charge in [-0.1, -0.05) is 60.1 Å². The lowest BCUT2D eigenvalue weighted by molar-refractivity contribution is 0.0697. The lowest BCUT2D eigenvalue weighted by Gasteiger charge is -2.15. The van der Waals surface area contributed by atoms with Crippen molar-refractivity contribution in [1.82, 2.24) is 0 Å². The third kappa shape index (κ3) is 5.12.